The van der Waals surface area contributed by atoms with Gasteiger partial charge in [-0.1, -0.05) is 38.8 Å². The maximum atomic E-state index is 8.86. The SMILES string of the molecule is OCc1cn(Cc2ccc(Br)cc2Cl)nn1. The van der Waals surface area contributed by atoms with Crippen molar-refractivity contribution in [1.29, 1.82) is 0 Å². The van der Waals surface area contributed by atoms with Gasteiger partial charge in [-0.3, -0.25) is 0 Å². The van der Waals surface area contributed by atoms with Crippen LogP contribution >= 0.6 is 27.5 Å². The number of aliphatic hydroxyl groups is 1. The molecule has 0 aliphatic heterocycles. The van der Waals surface area contributed by atoms with Crippen LogP contribution in [-0.4, -0.2) is 20.1 Å². The van der Waals surface area contributed by atoms with Crippen molar-refractivity contribution in [2.45, 2.75) is 13.2 Å². The highest BCUT2D eigenvalue weighted by Gasteiger charge is 2.04. The lowest BCUT2D eigenvalue weighted by Gasteiger charge is -2.04. The molecular formula is C10H9BrClN3O. The van der Waals surface area contributed by atoms with Crippen molar-refractivity contribution in [3.05, 3.63) is 45.1 Å². The number of halogens is 2. The number of aliphatic hydroxyl groups excluding tert-OH is 1. The molecule has 0 bridgehead atoms. The molecule has 0 saturated carbocycles. The molecule has 0 unspecified atom stereocenters. The second-order valence-electron chi connectivity index (χ2n) is 3.30. The van der Waals surface area contributed by atoms with Crippen LogP contribution < -0.4 is 0 Å². The molecule has 2 aromatic rings. The molecule has 0 spiro atoms. The summed E-state index contributed by atoms with van der Waals surface area (Å²) in [4.78, 5) is 0. The van der Waals surface area contributed by atoms with E-state index in [4.69, 9.17) is 16.7 Å². The molecule has 1 aromatic heterocycles. The molecule has 6 heteroatoms. The third-order valence-electron chi connectivity index (χ3n) is 2.10. The smallest absolute Gasteiger partial charge is 0.108 e. The predicted octanol–water partition coefficient (Wildman–Crippen LogP) is 2.23. The number of benzene rings is 1. The van der Waals surface area contributed by atoms with Crippen LogP contribution in [-0.2, 0) is 13.2 Å². The molecule has 0 fully saturated rings. The number of hydrogen-bond acceptors (Lipinski definition) is 3. The Labute approximate surface area is 106 Å². The van der Waals surface area contributed by atoms with E-state index in [1.165, 1.54) is 0 Å². The normalized spacial score (nSPS) is 10.7. The Kier molecular flexibility index (Phi) is 3.58. The fourth-order valence-corrected chi connectivity index (χ4v) is 2.05. The summed E-state index contributed by atoms with van der Waals surface area (Å²) in [5.41, 5.74) is 1.51. The van der Waals surface area contributed by atoms with Crippen LogP contribution in [0.5, 0.6) is 0 Å². The number of hydrogen-bond donors (Lipinski definition) is 1. The molecule has 0 atom stereocenters. The first-order chi connectivity index (χ1) is 7.69. The largest absolute Gasteiger partial charge is 0.390 e. The van der Waals surface area contributed by atoms with Crippen molar-refractivity contribution in [2.24, 2.45) is 0 Å². The fraction of sp³-hybridized carbons (Fsp3) is 0.200. The summed E-state index contributed by atoms with van der Waals surface area (Å²) in [6.07, 6.45) is 1.69. The van der Waals surface area contributed by atoms with Gasteiger partial charge in [-0.05, 0) is 17.7 Å². The highest BCUT2D eigenvalue weighted by molar-refractivity contribution is 9.10. The Hall–Kier alpha value is -0.910. The zero-order chi connectivity index (χ0) is 11.5. The molecule has 2 rings (SSSR count). The Bertz CT molecular complexity index is 501. The fourth-order valence-electron chi connectivity index (χ4n) is 1.31. The molecule has 0 amide bonds. The summed E-state index contributed by atoms with van der Waals surface area (Å²) < 4.78 is 2.58. The summed E-state index contributed by atoms with van der Waals surface area (Å²) in [5, 5.41) is 17.2. The molecule has 16 heavy (non-hydrogen) atoms. The molecule has 1 aromatic carbocycles. The van der Waals surface area contributed by atoms with Gasteiger partial charge in [0.25, 0.3) is 0 Å². The minimum Gasteiger partial charge on any atom is -0.390 e. The Morgan fingerprint density at radius 2 is 2.25 bits per heavy atom. The summed E-state index contributed by atoms with van der Waals surface area (Å²) in [7, 11) is 0. The maximum absolute atomic E-state index is 8.86. The van der Waals surface area contributed by atoms with Gasteiger partial charge < -0.3 is 5.11 Å². The molecule has 0 aliphatic carbocycles. The van der Waals surface area contributed by atoms with Crippen molar-refractivity contribution in [3.8, 4) is 0 Å². The van der Waals surface area contributed by atoms with Gasteiger partial charge in [-0.15, -0.1) is 5.10 Å². The molecule has 1 N–H and O–H groups in total. The minimum atomic E-state index is -0.103. The average Bonchev–Trinajstić information content (AvgIpc) is 2.70. The van der Waals surface area contributed by atoms with E-state index in [1.54, 1.807) is 10.9 Å². The number of nitrogens with zero attached hydrogens (tertiary/aromatic N) is 3. The highest BCUT2D eigenvalue weighted by atomic mass is 79.9. The van der Waals surface area contributed by atoms with Crippen molar-refractivity contribution in [1.82, 2.24) is 15.0 Å². The zero-order valence-corrected chi connectivity index (χ0v) is 10.6. The van der Waals surface area contributed by atoms with Gasteiger partial charge in [0.15, 0.2) is 0 Å². The molecule has 0 radical (unpaired) electrons. The third-order valence-corrected chi connectivity index (χ3v) is 2.94. The third kappa shape index (κ3) is 2.61. The predicted molar refractivity (Wildman–Crippen MR) is 64.2 cm³/mol. The average molecular weight is 303 g/mol. The molecule has 0 saturated heterocycles. The van der Waals surface area contributed by atoms with E-state index in [2.05, 4.69) is 26.2 Å². The quantitative estimate of drug-likeness (QED) is 0.946. The van der Waals surface area contributed by atoms with Crippen molar-refractivity contribution in [3.63, 3.8) is 0 Å². The summed E-state index contributed by atoms with van der Waals surface area (Å²) in [5.74, 6) is 0. The van der Waals surface area contributed by atoms with E-state index in [9.17, 15) is 0 Å². The van der Waals surface area contributed by atoms with E-state index in [0.29, 0.717) is 17.3 Å². The standard InChI is InChI=1S/C10H9BrClN3O/c11-8-2-1-7(10(12)3-8)4-15-5-9(6-16)13-14-15/h1-3,5,16H,4,6H2. The first-order valence-corrected chi connectivity index (χ1v) is 5.80. The van der Waals surface area contributed by atoms with Crippen LogP contribution in [0.4, 0.5) is 0 Å². The first-order valence-electron chi connectivity index (χ1n) is 4.63. The van der Waals surface area contributed by atoms with E-state index in [-0.39, 0.29) is 6.61 Å². The first kappa shape index (κ1) is 11.6. The topological polar surface area (TPSA) is 50.9 Å². The Morgan fingerprint density at radius 1 is 1.44 bits per heavy atom. The van der Waals surface area contributed by atoms with Crippen LogP contribution in [0.25, 0.3) is 0 Å². The second-order valence-corrected chi connectivity index (χ2v) is 4.62. The van der Waals surface area contributed by atoms with Crippen LogP contribution in [0.3, 0.4) is 0 Å². The van der Waals surface area contributed by atoms with E-state index in [0.717, 1.165) is 10.0 Å². The number of rotatable bonds is 3. The van der Waals surface area contributed by atoms with E-state index < -0.39 is 0 Å². The monoisotopic (exact) mass is 301 g/mol. The lowest BCUT2D eigenvalue weighted by atomic mass is 10.2. The van der Waals surface area contributed by atoms with E-state index in [1.807, 2.05) is 18.2 Å². The lowest BCUT2D eigenvalue weighted by molar-refractivity contribution is 0.276. The summed E-state index contributed by atoms with van der Waals surface area (Å²) in [6.45, 7) is 0.438. The van der Waals surface area contributed by atoms with Crippen LogP contribution in [0.15, 0.2) is 28.9 Å². The van der Waals surface area contributed by atoms with E-state index >= 15 is 0 Å². The van der Waals surface area contributed by atoms with Gasteiger partial charge in [0.1, 0.15) is 5.69 Å². The second kappa shape index (κ2) is 4.95. The molecule has 4 nitrogen and oxygen atoms in total. The molecule has 0 aliphatic rings. The van der Waals surface area contributed by atoms with Crippen LogP contribution in [0.1, 0.15) is 11.3 Å². The summed E-state index contributed by atoms with van der Waals surface area (Å²) in [6, 6.07) is 5.68. The molecule has 84 valence electrons. The minimum absolute atomic E-state index is 0.103. The van der Waals surface area contributed by atoms with Gasteiger partial charge in [-0.25, -0.2) is 4.68 Å². The highest BCUT2D eigenvalue weighted by Crippen LogP contribution is 2.21. The van der Waals surface area contributed by atoms with Gasteiger partial charge in [0.05, 0.1) is 19.3 Å². The van der Waals surface area contributed by atoms with Gasteiger partial charge in [-0.2, -0.15) is 0 Å². The zero-order valence-electron chi connectivity index (χ0n) is 8.27. The van der Waals surface area contributed by atoms with Crippen LogP contribution in [0, 0.1) is 0 Å². The summed E-state index contributed by atoms with van der Waals surface area (Å²) >= 11 is 9.42. The van der Waals surface area contributed by atoms with Gasteiger partial charge >= 0.3 is 0 Å². The van der Waals surface area contributed by atoms with Crippen LogP contribution in [0.2, 0.25) is 5.02 Å². The Morgan fingerprint density at radius 3 is 2.88 bits per heavy atom. The molecule has 1 heterocycles. The van der Waals surface area contributed by atoms with Gasteiger partial charge in [0.2, 0.25) is 0 Å². The molecular weight excluding hydrogens is 293 g/mol. The number of aromatic nitrogens is 3. The van der Waals surface area contributed by atoms with Crippen molar-refractivity contribution < 1.29 is 5.11 Å². The lowest BCUT2D eigenvalue weighted by Crippen LogP contribution is -2.01. The van der Waals surface area contributed by atoms with Gasteiger partial charge in [0, 0.05) is 9.50 Å². The van der Waals surface area contributed by atoms with Crippen molar-refractivity contribution >= 4 is 27.5 Å². The van der Waals surface area contributed by atoms with Crippen molar-refractivity contribution in [2.75, 3.05) is 0 Å². The maximum Gasteiger partial charge on any atom is 0.108 e. The Balaban J connectivity index is 2.20.